The van der Waals surface area contributed by atoms with E-state index in [-0.39, 0.29) is 0 Å². The fourth-order valence-corrected chi connectivity index (χ4v) is 2.50. The Balaban J connectivity index is 3.28. The third-order valence-corrected chi connectivity index (χ3v) is 4.54. The molecule has 0 unspecified atom stereocenters. The maximum absolute atomic E-state index is 11.8. The molecule has 1 aromatic heterocycles. The summed E-state index contributed by atoms with van der Waals surface area (Å²) in [4.78, 5) is 0.356. The molecule has 0 bridgehead atoms. The van der Waals surface area contributed by atoms with Crippen LogP contribution in [0.15, 0.2) is 11.1 Å². The molecule has 0 N–H and O–H groups in total. The number of sulfone groups is 1. The molecule has 0 fully saturated rings. The van der Waals surface area contributed by atoms with Crippen LogP contribution in [-0.2, 0) is 16.4 Å². The highest BCUT2D eigenvalue weighted by Crippen LogP contribution is 2.19. The second-order valence-corrected chi connectivity index (χ2v) is 5.98. The van der Waals surface area contributed by atoms with Crippen LogP contribution in [0.1, 0.15) is 26.5 Å². The smallest absolute Gasteiger partial charge is 0.184 e. The Labute approximate surface area is 84.9 Å². The minimum atomic E-state index is -3.18. The summed E-state index contributed by atoms with van der Waals surface area (Å²) in [6.45, 7) is 7.77. The molecule has 1 heterocycles. The lowest BCUT2D eigenvalue weighted by atomic mass is 10.5. The van der Waals surface area contributed by atoms with E-state index in [1.807, 2.05) is 6.92 Å². The van der Waals surface area contributed by atoms with Crippen LogP contribution in [0.4, 0.5) is 0 Å². The van der Waals surface area contributed by atoms with Gasteiger partial charge < -0.3 is 0 Å². The van der Waals surface area contributed by atoms with Crippen molar-refractivity contribution in [2.75, 3.05) is 0 Å². The summed E-state index contributed by atoms with van der Waals surface area (Å²) in [5, 5.41) is 3.63. The Bertz CT molecular complexity index is 418. The Kier molecular flexibility index (Phi) is 2.99. The summed E-state index contributed by atoms with van der Waals surface area (Å²) in [6, 6.07) is 0. The Hall–Kier alpha value is -0.840. The monoisotopic (exact) mass is 216 g/mol. The average molecular weight is 216 g/mol. The van der Waals surface area contributed by atoms with Gasteiger partial charge in [0.15, 0.2) is 9.84 Å². The van der Waals surface area contributed by atoms with Gasteiger partial charge in [0.1, 0.15) is 4.90 Å². The molecule has 0 aromatic carbocycles. The van der Waals surface area contributed by atoms with E-state index in [4.69, 9.17) is 0 Å². The quantitative estimate of drug-likeness (QED) is 0.767. The molecule has 1 rings (SSSR count). The molecule has 0 saturated heterocycles. The van der Waals surface area contributed by atoms with E-state index in [1.54, 1.807) is 25.5 Å². The van der Waals surface area contributed by atoms with Crippen LogP contribution in [0.2, 0.25) is 0 Å². The standard InChI is InChI=1S/C9H16N2O2S/c1-5-11-8(4)9(6-10-11)14(12,13)7(2)3/h6-7H,5H2,1-4H3. The zero-order valence-corrected chi connectivity index (χ0v) is 9.80. The van der Waals surface area contributed by atoms with Gasteiger partial charge in [-0.2, -0.15) is 5.10 Å². The molecule has 80 valence electrons. The molecule has 0 radical (unpaired) electrons. The third-order valence-electron chi connectivity index (χ3n) is 2.28. The van der Waals surface area contributed by atoms with Gasteiger partial charge in [0.05, 0.1) is 17.1 Å². The van der Waals surface area contributed by atoms with Crippen molar-refractivity contribution < 1.29 is 8.42 Å². The molecule has 5 heteroatoms. The van der Waals surface area contributed by atoms with Crippen LogP contribution in [0, 0.1) is 6.92 Å². The number of nitrogens with zero attached hydrogens (tertiary/aromatic N) is 2. The Morgan fingerprint density at radius 2 is 2.07 bits per heavy atom. The van der Waals surface area contributed by atoms with Crippen molar-refractivity contribution in [1.82, 2.24) is 9.78 Å². The highest BCUT2D eigenvalue weighted by Gasteiger charge is 2.23. The maximum atomic E-state index is 11.8. The molecule has 4 nitrogen and oxygen atoms in total. The topological polar surface area (TPSA) is 52.0 Å². The maximum Gasteiger partial charge on any atom is 0.184 e. The van der Waals surface area contributed by atoms with E-state index in [0.29, 0.717) is 11.4 Å². The van der Waals surface area contributed by atoms with E-state index in [9.17, 15) is 8.42 Å². The van der Waals surface area contributed by atoms with Gasteiger partial charge in [0.25, 0.3) is 0 Å². The first-order chi connectivity index (χ1) is 6.41. The van der Waals surface area contributed by atoms with Gasteiger partial charge in [-0.05, 0) is 27.7 Å². The predicted octanol–water partition coefficient (Wildman–Crippen LogP) is 1.39. The molecule has 0 amide bonds. The number of rotatable bonds is 3. The van der Waals surface area contributed by atoms with Gasteiger partial charge in [-0.25, -0.2) is 8.42 Å². The molecule has 0 aliphatic rings. The lowest BCUT2D eigenvalue weighted by molar-refractivity contribution is 0.585. The van der Waals surface area contributed by atoms with E-state index < -0.39 is 15.1 Å². The number of aromatic nitrogens is 2. The summed E-state index contributed by atoms with van der Waals surface area (Å²) in [7, 11) is -3.18. The molecule has 1 aromatic rings. The molecule has 0 aliphatic carbocycles. The number of hydrogen-bond acceptors (Lipinski definition) is 3. The largest absolute Gasteiger partial charge is 0.269 e. The highest BCUT2D eigenvalue weighted by molar-refractivity contribution is 7.92. The van der Waals surface area contributed by atoms with Crippen LogP contribution < -0.4 is 0 Å². The van der Waals surface area contributed by atoms with Crippen LogP contribution in [-0.4, -0.2) is 23.4 Å². The van der Waals surface area contributed by atoms with Gasteiger partial charge in [-0.3, -0.25) is 4.68 Å². The van der Waals surface area contributed by atoms with E-state index in [2.05, 4.69) is 5.10 Å². The zero-order chi connectivity index (χ0) is 10.9. The van der Waals surface area contributed by atoms with Gasteiger partial charge in [0.2, 0.25) is 0 Å². The van der Waals surface area contributed by atoms with Crippen molar-refractivity contribution in [2.24, 2.45) is 0 Å². The first-order valence-corrected chi connectivity index (χ1v) is 6.22. The molecular weight excluding hydrogens is 200 g/mol. The molecule has 0 aliphatic heterocycles. The normalized spacial score (nSPS) is 12.4. The van der Waals surface area contributed by atoms with Crippen molar-refractivity contribution in [3.05, 3.63) is 11.9 Å². The minimum Gasteiger partial charge on any atom is -0.269 e. The molecular formula is C9H16N2O2S. The van der Waals surface area contributed by atoms with Crippen LogP contribution in [0.5, 0.6) is 0 Å². The Morgan fingerprint density at radius 3 is 2.43 bits per heavy atom. The SMILES string of the molecule is CCn1ncc(S(=O)(=O)C(C)C)c1C. The predicted molar refractivity (Wildman–Crippen MR) is 55.0 cm³/mol. The first kappa shape index (κ1) is 11.2. The van der Waals surface area contributed by atoms with E-state index in [0.717, 1.165) is 5.69 Å². The van der Waals surface area contributed by atoms with Gasteiger partial charge in [0, 0.05) is 6.54 Å². The van der Waals surface area contributed by atoms with Gasteiger partial charge >= 0.3 is 0 Å². The average Bonchev–Trinajstić information content (AvgIpc) is 2.46. The minimum absolute atomic E-state index is 0.356. The van der Waals surface area contributed by atoms with E-state index >= 15 is 0 Å². The van der Waals surface area contributed by atoms with Crippen molar-refractivity contribution in [1.29, 1.82) is 0 Å². The van der Waals surface area contributed by atoms with Crippen LogP contribution in [0.3, 0.4) is 0 Å². The summed E-state index contributed by atoms with van der Waals surface area (Å²) in [6.07, 6.45) is 1.44. The van der Waals surface area contributed by atoms with Crippen LogP contribution >= 0.6 is 0 Å². The number of hydrogen-bond donors (Lipinski definition) is 0. The fourth-order valence-electron chi connectivity index (χ4n) is 1.28. The van der Waals surface area contributed by atoms with Crippen molar-refractivity contribution >= 4 is 9.84 Å². The van der Waals surface area contributed by atoms with Crippen molar-refractivity contribution in [3.63, 3.8) is 0 Å². The summed E-state index contributed by atoms with van der Waals surface area (Å²) in [5.74, 6) is 0. The Morgan fingerprint density at radius 1 is 1.50 bits per heavy atom. The second kappa shape index (κ2) is 3.73. The fraction of sp³-hybridized carbons (Fsp3) is 0.667. The lowest BCUT2D eigenvalue weighted by Crippen LogP contribution is -2.15. The van der Waals surface area contributed by atoms with Gasteiger partial charge in [-0.15, -0.1) is 0 Å². The van der Waals surface area contributed by atoms with Gasteiger partial charge in [-0.1, -0.05) is 0 Å². The first-order valence-electron chi connectivity index (χ1n) is 4.67. The van der Waals surface area contributed by atoms with Crippen molar-refractivity contribution in [3.8, 4) is 0 Å². The second-order valence-electron chi connectivity index (χ2n) is 3.50. The van der Waals surface area contributed by atoms with Crippen LogP contribution in [0.25, 0.3) is 0 Å². The zero-order valence-electron chi connectivity index (χ0n) is 8.98. The van der Waals surface area contributed by atoms with E-state index in [1.165, 1.54) is 6.20 Å². The molecule has 14 heavy (non-hydrogen) atoms. The third kappa shape index (κ3) is 1.68. The van der Waals surface area contributed by atoms with Crippen molar-refractivity contribution in [2.45, 2.75) is 44.4 Å². The summed E-state index contributed by atoms with van der Waals surface area (Å²) >= 11 is 0. The summed E-state index contributed by atoms with van der Waals surface area (Å²) < 4.78 is 25.3. The summed E-state index contributed by atoms with van der Waals surface area (Å²) in [5.41, 5.74) is 0.723. The molecule has 0 saturated carbocycles. The highest BCUT2D eigenvalue weighted by atomic mass is 32.2. The molecule has 0 atom stereocenters. The number of aryl methyl sites for hydroxylation is 1. The lowest BCUT2D eigenvalue weighted by Gasteiger charge is -2.06. The molecule has 0 spiro atoms.